The third-order valence-corrected chi connectivity index (χ3v) is 7.71. The molecule has 5 rings (SSSR count). The number of hydrogen-bond acceptors (Lipinski definition) is 3. The molecular formula is C26H31N3O2. The second-order valence-corrected chi connectivity index (χ2v) is 9.66. The lowest BCUT2D eigenvalue weighted by Crippen LogP contribution is -2.66. The molecule has 0 bridgehead atoms. The smallest absolute Gasteiger partial charge is 0.250 e. The van der Waals surface area contributed by atoms with Crippen LogP contribution >= 0.6 is 0 Å². The van der Waals surface area contributed by atoms with Crippen LogP contribution in [0.4, 0.5) is 11.4 Å². The molecule has 0 spiro atoms. The number of amides is 2. The summed E-state index contributed by atoms with van der Waals surface area (Å²) < 4.78 is 0. The highest BCUT2D eigenvalue weighted by Gasteiger charge is 2.54. The van der Waals surface area contributed by atoms with E-state index in [1.807, 2.05) is 48.2 Å². The Morgan fingerprint density at radius 3 is 2.29 bits per heavy atom. The predicted molar refractivity (Wildman–Crippen MR) is 123 cm³/mol. The predicted octanol–water partition coefficient (Wildman–Crippen LogP) is 3.88. The molecule has 2 aromatic carbocycles. The Labute approximate surface area is 184 Å². The van der Waals surface area contributed by atoms with Crippen molar-refractivity contribution < 1.29 is 9.59 Å². The van der Waals surface area contributed by atoms with Gasteiger partial charge in [-0.05, 0) is 79.3 Å². The van der Waals surface area contributed by atoms with Crippen molar-refractivity contribution in [1.29, 1.82) is 0 Å². The van der Waals surface area contributed by atoms with E-state index >= 15 is 0 Å². The van der Waals surface area contributed by atoms with E-state index in [0.717, 1.165) is 43.5 Å². The Hall–Kier alpha value is -2.82. The van der Waals surface area contributed by atoms with Crippen molar-refractivity contribution in [1.82, 2.24) is 4.90 Å². The molecule has 2 amide bonds. The van der Waals surface area contributed by atoms with Crippen LogP contribution in [0.5, 0.6) is 0 Å². The van der Waals surface area contributed by atoms with Gasteiger partial charge >= 0.3 is 0 Å². The van der Waals surface area contributed by atoms with Crippen LogP contribution < -0.4 is 10.2 Å². The van der Waals surface area contributed by atoms with Crippen molar-refractivity contribution in [3.8, 4) is 0 Å². The number of hydrogen-bond donors (Lipinski definition) is 1. The summed E-state index contributed by atoms with van der Waals surface area (Å²) in [6, 6.07) is 16.6. The second-order valence-electron chi connectivity index (χ2n) is 9.66. The number of β-lactam (4-membered cyclic amide) rings is 1. The Morgan fingerprint density at radius 1 is 1.03 bits per heavy atom. The van der Waals surface area contributed by atoms with Crippen LogP contribution in [0.2, 0.25) is 0 Å². The van der Waals surface area contributed by atoms with Gasteiger partial charge in [0.1, 0.15) is 5.54 Å². The van der Waals surface area contributed by atoms with Gasteiger partial charge in [0, 0.05) is 38.4 Å². The number of carbonyl (C=O) groups is 2. The Morgan fingerprint density at radius 2 is 1.71 bits per heavy atom. The highest BCUT2D eigenvalue weighted by Crippen LogP contribution is 2.47. The fourth-order valence-electron chi connectivity index (χ4n) is 5.82. The topological polar surface area (TPSA) is 52.7 Å². The SMILES string of the molecule is CN(C)c1ccc(NC(=O)[C@]2(N3CCC3=O)CC[C@@H]3Cc4ccccc4C[C@H]3C2)cc1. The first-order chi connectivity index (χ1) is 15.0. The first-order valence-electron chi connectivity index (χ1n) is 11.4. The van der Waals surface area contributed by atoms with E-state index in [2.05, 4.69) is 29.6 Å². The Bertz CT molecular complexity index is 1000. The summed E-state index contributed by atoms with van der Waals surface area (Å²) in [4.78, 5) is 30.1. The fraction of sp³-hybridized carbons (Fsp3) is 0.462. The molecule has 3 aliphatic rings. The van der Waals surface area contributed by atoms with Crippen molar-refractivity contribution in [2.24, 2.45) is 11.8 Å². The summed E-state index contributed by atoms with van der Waals surface area (Å²) in [5, 5.41) is 3.15. The number of fused-ring (bicyclic) bond motifs is 2. The number of anilines is 2. The van der Waals surface area contributed by atoms with Crippen LogP contribution in [0.1, 0.15) is 36.8 Å². The molecule has 5 nitrogen and oxygen atoms in total. The van der Waals surface area contributed by atoms with Crippen LogP contribution in [-0.4, -0.2) is 42.9 Å². The normalized spacial score (nSPS) is 27.0. The Kier molecular flexibility index (Phi) is 4.99. The molecule has 31 heavy (non-hydrogen) atoms. The molecule has 2 fully saturated rings. The van der Waals surface area contributed by atoms with E-state index in [4.69, 9.17) is 0 Å². The zero-order valence-electron chi connectivity index (χ0n) is 18.4. The molecule has 3 atom stereocenters. The van der Waals surface area contributed by atoms with Crippen molar-refractivity contribution in [3.63, 3.8) is 0 Å². The number of rotatable bonds is 4. The average Bonchev–Trinajstić information content (AvgIpc) is 2.76. The van der Waals surface area contributed by atoms with Crippen molar-refractivity contribution >= 4 is 23.2 Å². The van der Waals surface area contributed by atoms with Gasteiger partial charge in [0.25, 0.3) is 0 Å². The van der Waals surface area contributed by atoms with Gasteiger partial charge in [-0.1, -0.05) is 24.3 Å². The zero-order chi connectivity index (χ0) is 21.6. The summed E-state index contributed by atoms with van der Waals surface area (Å²) in [5.41, 5.74) is 4.03. The molecular weight excluding hydrogens is 386 g/mol. The molecule has 1 aliphatic heterocycles. The fourth-order valence-corrected chi connectivity index (χ4v) is 5.82. The lowest BCUT2D eigenvalue weighted by molar-refractivity contribution is -0.159. The second kappa shape index (κ2) is 7.70. The van der Waals surface area contributed by atoms with Crippen LogP contribution in [-0.2, 0) is 22.4 Å². The first-order valence-corrected chi connectivity index (χ1v) is 11.4. The molecule has 0 radical (unpaired) electrons. The van der Waals surface area contributed by atoms with Crippen LogP contribution in [0.25, 0.3) is 0 Å². The van der Waals surface area contributed by atoms with E-state index in [-0.39, 0.29) is 11.8 Å². The molecule has 1 saturated carbocycles. The minimum atomic E-state index is -0.719. The van der Waals surface area contributed by atoms with E-state index in [1.54, 1.807) is 0 Å². The van der Waals surface area contributed by atoms with Gasteiger partial charge in [0.05, 0.1) is 0 Å². The van der Waals surface area contributed by atoms with Gasteiger partial charge < -0.3 is 15.1 Å². The molecule has 1 heterocycles. The van der Waals surface area contributed by atoms with Gasteiger partial charge in [-0.25, -0.2) is 0 Å². The lowest BCUT2D eigenvalue weighted by atomic mass is 9.62. The molecule has 0 aromatic heterocycles. The number of carbonyl (C=O) groups excluding carboxylic acids is 2. The van der Waals surface area contributed by atoms with Crippen LogP contribution in [0, 0.1) is 11.8 Å². The quantitative estimate of drug-likeness (QED) is 0.768. The first kappa shape index (κ1) is 20.1. The monoisotopic (exact) mass is 417 g/mol. The maximum atomic E-state index is 13.7. The molecule has 0 unspecified atom stereocenters. The summed E-state index contributed by atoms with van der Waals surface area (Å²) in [6.07, 6.45) is 5.18. The highest BCUT2D eigenvalue weighted by atomic mass is 16.2. The van der Waals surface area contributed by atoms with Crippen molar-refractivity contribution in [2.45, 2.75) is 44.1 Å². The summed E-state index contributed by atoms with van der Waals surface area (Å²) in [7, 11) is 4.00. The third-order valence-electron chi connectivity index (χ3n) is 7.71. The largest absolute Gasteiger partial charge is 0.378 e. The van der Waals surface area contributed by atoms with Gasteiger partial charge in [-0.3, -0.25) is 9.59 Å². The summed E-state index contributed by atoms with van der Waals surface area (Å²) in [6.45, 7) is 0.694. The van der Waals surface area contributed by atoms with E-state index < -0.39 is 5.54 Å². The molecule has 162 valence electrons. The molecule has 1 N–H and O–H groups in total. The van der Waals surface area contributed by atoms with Gasteiger partial charge in [0.15, 0.2) is 0 Å². The molecule has 2 aliphatic carbocycles. The summed E-state index contributed by atoms with van der Waals surface area (Å²) in [5.74, 6) is 1.15. The maximum absolute atomic E-state index is 13.7. The van der Waals surface area contributed by atoms with Gasteiger partial charge in [-0.2, -0.15) is 0 Å². The minimum Gasteiger partial charge on any atom is -0.378 e. The number of likely N-dealkylation sites (tertiary alicyclic amines) is 1. The highest BCUT2D eigenvalue weighted by molar-refractivity contribution is 6.01. The van der Waals surface area contributed by atoms with Crippen LogP contribution in [0.15, 0.2) is 48.5 Å². The standard InChI is InChI=1S/C26H31N3O2/c1-28(2)23-9-7-22(8-10-23)27-25(31)26(29-14-12-24(29)30)13-11-20-15-18-5-3-4-6-19(18)16-21(20)17-26/h3-10,20-21H,11-17H2,1-2H3,(H,27,31)/t20-,21+,26+/m1/s1. The number of benzene rings is 2. The van der Waals surface area contributed by atoms with E-state index in [0.29, 0.717) is 24.8 Å². The van der Waals surface area contributed by atoms with Crippen molar-refractivity contribution in [2.75, 3.05) is 30.9 Å². The van der Waals surface area contributed by atoms with Crippen molar-refractivity contribution in [3.05, 3.63) is 59.7 Å². The van der Waals surface area contributed by atoms with E-state index in [1.165, 1.54) is 11.1 Å². The lowest BCUT2D eigenvalue weighted by Gasteiger charge is -2.53. The zero-order valence-corrected chi connectivity index (χ0v) is 18.4. The third kappa shape index (κ3) is 3.50. The molecule has 5 heteroatoms. The molecule has 2 aromatic rings. The maximum Gasteiger partial charge on any atom is 0.250 e. The van der Waals surface area contributed by atoms with E-state index in [9.17, 15) is 9.59 Å². The van der Waals surface area contributed by atoms with Crippen LogP contribution in [0.3, 0.4) is 0 Å². The van der Waals surface area contributed by atoms with Gasteiger partial charge in [0.2, 0.25) is 11.8 Å². The Balaban J connectivity index is 1.40. The number of nitrogens with zero attached hydrogens (tertiary/aromatic N) is 2. The molecule has 1 saturated heterocycles. The average molecular weight is 418 g/mol. The summed E-state index contributed by atoms with van der Waals surface area (Å²) >= 11 is 0. The minimum absolute atomic E-state index is 0.0181. The number of nitrogens with one attached hydrogen (secondary N) is 1. The van der Waals surface area contributed by atoms with Gasteiger partial charge in [-0.15, -0.1) is 0 Å².